The van der Waals surface area contributed by atoms with Gasteiger partial charge in [-0.2, -0.15) is 0 Å². The zero-order valence-corrected chi connectivity index (χ0v) is 15.4. The van der Waals surface area contributed by atoms with E-state index in [0.29, 0.717) is 0 Å². The van der Waals surface area contributed by atoms with Gasteiger partial charge in [0.25, 0.3) is 0 Å². The van der Waals surface area contributed by atoms with Crippen molar-refractivity contribution in [3.05, 3.63) is 71.2 Å². The number of aromatic nitrogens is 1. The van der Waals surface area contributed by atoms with Crippen LogP contribution in [0.25, 0.3) is 10.6 Å². The first kappa shape index (κ1) is 16.3. The monoisotopic (exact) mass is 349 g/mol. The van der Waals surface area contributed by atoms with Crippen molar-refractivity contribution >= 4 is 17.0 Å². The van der Waals surface area contributed by atoms with Crippen LogP contribution < -0.4 is 4.90 Å². The number of nitrogens with zero attached hydrogens (tertiary/aromatic N) is 3. The number of aryl methyl sites for hydroxylation is 1. The lowest BCUT2D eigenvalue weighted by molar-refractivity contribution is 0.247. The van der Waals surface area contributed by atoms with Crippen molar-refractivity contribution in [2.24, 2.45) is 0 Å². The van der Waals surface area contributed by atoms with Crippen LogP contribution in [0.4, 0.5) is 5.69 Å². The third kappa shape index (κ3) is 3.75. The van der Waals surface area contributed by atoms with Gasteiger partial charge in [-0.05, 0) is 18.6 Å². The van der Waals surface area contributed by atoms with Gasteiger partial charge in [0.05, 0.1) is 5.69 Å². The first-order valence-corrected chi connectivity index (χ1v) is 9.70. The number of rotatable bonds is 4. The third-order valence-electron chi connectivity index (χ3n) is 4.79. The van der Waals surface area contributed by atoms with Crippen LogP contribution in [-0.2, 0) is 6.54 Å². The highest BCUT2D eigenvalue weighted by atomic mass is 32.1. The second-order valence-corrected chi connectivity index (χ2v) is 7.42. The van der Waals surface area contributed by atoms with Crippen LogP contribution in [0.1, 0.15) is 11.3 Å². The Bertz CT molecular complexity index is 820. The van der Waals surface area contributed by atoms with E-state index in [0.717, 1.165) is 37.7 Å². The van der Waals surface area contributed by atoms with Crippen LogP contribution in [0.3, 0.4) is 0 Å². The molecular formula is C21H23N3S. The minimum Gasteiger partial charge on any atom is -0.369 e. The van der Waals surface area contributed by atoms with Gasteiger partial charge in [-0.1, -0.05) is 48.5 Å². The third-order valence-corrected chi connectivity index (χ3v) is 5.73. The highest BCUT2D eigenvalue weighted by molar-refractivity contribution is 7.13. The summed E-state index contributed by atoms with van der Waals surface area (Å²) in [5.74, 6) is 0. The second kappa shape index (κ2) is 7.38. The van der Waals surface area contributed by atoms with Gasteiger partial charge in [-0.3, -0.25) is 4.90 Å². The molecule has 1 fully saturated rings. The molecule has 0 saturated carbocycles. The topological polar surface area (TPSA) is 19.4 Å². The van der Waals surface area contributed by atoms with E-state index in [-0.39, 0.29) is 0 Å². The Morgan fingerprint density at radius 2 is 1.64 bits per heavy atom. The number of hydrogen-bond donors (Lipinski definition) is 0. The van der Waals surface area contributed by atoms with Crippen LogP contribution in [0.15, 0.2) is 60.0 Å². The molecule has 4 heteroatoms. The molecule has 0 aliphatic carbocycles. The highest BCUT2D eigenvalue weighted by Crippen LogP contribution is 2.25. The number of para-hydroxylation sites is 1. The molecule has 0 radical (unpaired) electrons. The number of benzene rings is 2. The molecule has 3 nitrogen and oxygen atoms in total. The molecule has 2 heterocycles. The van der Waals surface area contributed by atoms with E-state index in [9.17, 15) is 0 Å². The Labute approximate surface area is 153 Å². The maximum atomic E-state index is 4.83. The summed E-state index contributed by atoms with van der Waals surface area (Å²) >= 11 is 1.74. The molecule has 4 rings (SSSR count). The minimum absolute atomic E-state index is 0.949. The molecule has 3 aromatic rings. The SMILES string of the molecule is Cc1ccccc1N1CCN(Cc2csc(-c3ccccc3)n2)CC1. The largest absolute Gasteiger partial charge is 0.369 e. The van der Waals surface area contributed by atoms with E-state index in [4.69, 9.17) is 4.98 Å². The lowest BCUT2D eigenvalue weighted by Crippen LogP contribution is -2.46. The van der Waals surface area contributed by atoms with Crippen molar-refractivity contribution in [2.75, 3.05) is 31.1 Å². The Hall–Kier alpha value is -2.17. The molecule has 25 heavy (non-hydrogen) atoms. The average molecular weight is 350 g/mol. The van der Waals surface area contributed by atoms with Crippen molar-refractivity contribution in [3.8, 4) is 10.6 Å². The smallest absolute Gasteiger partial charge is 0.123 e. The van der Waals surface area contributed by atoms with E-state index in [2.05, 4.69) is 70.6 Å². The molecule has 2 aromatic carbocycles. The molecule has 0 bridgehead atoms. The van der Waals surface area contributed by atoms with Crippen LogP contribution in [0.2, 0.25) is 0 Å². The van der Waals surface area contributed by atoms with Gasteiger partial charge in [0.15, 0.2) is 0 Å². The van der Waals surface area contributed by atoms with Crippen LogP contribution in [-0.4, -0.2) is 36.1 Å². The summed E-state index contributed by atoms with van der Waals surface area (Å²) < 4.78 is 0. The Kier molecular flexibility index (Phi) is 4.81. The molecule has 0 atom stereocenters. The fourth-order valence-electron chi connectivity index (χ4n) is 3.39. The standard InChI is InChI=1S/C21H23N3S/c1-17-7-5-6-10-20(17)24-13-11-23(12-14-24)15-19-16-25-21(22-19)18-8-3-2-4-9-18/h2-10,16H,11-15H2,1H3. The summed E-state index contributed by atoms with van der Waals surface area (Å²) in [7, 11) is 0. The molecular weight excluding hydrogens is 326 g/mol. The predicted molar refractivity (Wildman–Crippen MR) is 106 cm³/mol. The van der Waals surface area contributed by atoms with E-state index < -0.39 is 0 Å². The van der Waals surface area contributed by atoms with Gasteiger partial charge < -0.3 is 4.90 Å². The van der Waals surface area contributed by atoms with Crippen LogP contribution in [0, 0.1) is 6.92 Å². The summed E-state index contributed by atoms with van der Waals surface area (Å²) in [6, 6.07) is 19.1. The molecule has 1 aliphatic heterocycles. The highest BCUT2D eigenvalue weighted by Gasteiger charge is 2.19. The zero-order chi connectivity index (χ0) is 17.1. The fourth-order valence-corrected chi connectivity index (χ4v) is 4.20. The van der Waals surface area contributed by atoms with Crippen molar-refractivity contribution in [1.82, 2.24) is 9.88 Å². The van der Waals surface area contributed by atoms with Crippen LogP contribution >= 0.6 is 11.3 Å². The van der Waals surface area contributed by atoms with Gasteiger partial charge in [-0.15, -0.1) is 11.3 Å². The lowest BCUT2D eigenvalue weighted by Gasteiger charge is -2.36. The molecule has 0 spiro atoms. The maximum Gasteiger partial charge on any atom is 0.123 e. The zero-order valence-electron chi connectivity index (χ0n) is 14.6. The number of piperazine rings is 1. The minimum atomic E-state index is 0.949. The quantitative estimate of drug-likeness (QED) is 0.694. The summed E-state index contributed by atoms with van der Waals surface area (Å²) in [5, 5.41) is 3.32. The van der Waals surface area contributed by atoms with Crippen molar-refractivity contribution < 1.29 is 0 Å². The molecule has 0 N–H and O–H groups in total. The average Bonchev–Trinajstić information content (AvgIpc) is 3.12. The molecule has 0 unspecified atom stereocenters. The Balaban J connectivity index is 1.36. The predicted octanol–water partition coefficient (Wildman–Crippen LogP) is 4.44. The van der Waals surface area contributed by atoms with Gasteiger partial charge in [-0.25, -0.2) is 4.98 Å². The van der Waals surface area contributed by atoms with E-state index >= 15 is 0 Å². The summed E-state index contributed by atoms with van der Waals surface area (Å²) in [6.07, 6.45) is 0. The van der Waals surface area contributed by atoms with E-state index in [1.807, 2.05) is 6.07 Å². The Morgan fingerprint density at radius 3 is 2.40 bits per heavy atom. The number of anilines is 1. The van der Waals surface area contributed by atoms with Crippen molar-refractivity contribution in [3.63, 3.8) is 0 Å². The first-order valence-electron chi connectivity index (χ1n) is 8.82. The maximum absolute atomic E-state index is 4.83. The van der Waals surface area contributed by atoms with Crippen molar-refractivity contribution in [1.29, 1.82) is 0 Å². The summed E-state index contributed by atoms with van der Waals surface area (Å²) in [6.45, 7) is 7.49. The molecule has 0 amide bonds. The summed E-state index contributed by atoms with van der Waals surface area (Å²) in [5.41, 5.74) is 5.14. The normalized spacial score (nSPS) is 15.5. The molecule has 1 saturated heterocycles. The fraction of sp³-hybridized carbons (Fsp3) is 0.286. The van der Waals surface area contributed by atoms with Crippen molar-refractivity contribution in [2.45, 2.75) is 13.5 Å². The van der Waals surface area contributed by atoms with Gasteiger partial charge >= 0.3 is 0 Å². The molecule has 128 valence electrons. The number of thiazole rings is 1. The molecule has 1 aliphatic rings. The van der Waals surface area contributed by atoms with Crippen LogP contribution in [0.5, 0.6) is 0 Å². The van der Waals surface area contributed by atoms with E-state index in [1.54, 1.807) is 11.3 Å². The van der Waals surface area contributed by atoms with Gasteiger partial charge in [0.1, 0.15) is 5.01 Å². The lowest BCUT2D eigenvalue weighted by atomic mass is 10.1. The summed E-state index contributed by atoms with van der Waals surface area (Å²) in [4.78, 5) is 9.84. The first-order chi connectivity index (χ1) is 12.3. The van der Waals surface area contributed by atoms with Gasteiger partial charge in [0.2, 0.25) is 0 Å². The van der Waals surface area contributed by atoms with E-state index in [1.165, 1.54) is 22.5 Å². The second-order valence-electron chi connectivity index (χ2n) is 6.56. The molecule has 1 aromatic heterocycles. The number of hydrogen-bond acceptors (Lipinski definition) is 4. The Morgan fingerprint density at radius 1 is 0.920 bits per heavy atom. The van der Waals surface area contributed by atoms with Gasteiger partial charge in [0, 0.05) is 49.4 Å².